The van der Waals surface area contributed by atoms with Gasteiger partial charge in [-0.15, -0.1) is 0 Å². The van der Waals surface area contributed by atoms with E-state index in [-0.39, 0.29) is 12.5 Å². The molecule has 0 amide bonds. The fourth-order valence-corrected chi connectivity index (χ4v) is 1.21. The highest BCUT2D eigenvalue weighted by atomic mass is 35.5. The number of halogens is 1. The van der Waals surface area contributed by atoms with Gasteiger partial charge < -0.3 is 16.2 Å². The Labute approximate surface area is 88.9 Å². The number of nitrogen functional groups attached to an aromatic ring is 1. The van der Waals surface area contributed by atoms with Gasteiger partial charge in [0.25, 0.3) is 0 Å². The van der Waals surface area contributed by atoms with Crippen molar-refractivity contribution < 1.29 is 5.11 Å². The van der Waals surface area contributed by atoms with Crippen LogP contribution in [0, 0.1) is 5.92 Å². The minimum Gasteiger partial charge on any atom is -0.396 e. The molecule has 0 fully saturated rings. The molecule has 0 spiro atoms. The predicted octanol–water partition coefficient (Wildman–Crippen LogP) is 1.96. The molecule has 0 aliphatic heterocycles. The molecule has 0 saturated heterocycles. The van der Waals surface area contributed by atoms with Gasteiger partial charge in [0.1, 0.15) is 0 Å². The number of hydrogen-bond donors (Lipinski definition) is 3. The van der Waals surface area contributed by atoms with E-state index in [9.17, 15) is 0 Å². The van der Waals surface area contributed by atoms with E-state index >= 15 is 0 Å². The average molecular weight is 215 g/mol. The van der Waals surface area contributed by atoms with Gasteiger partial charge in [-0.2, -0.15) is 0 Å². The second-order valence-electron chi connectivity index (χ2n) is 3.37. The quantitative estimate of drug-likeness (QED) is 0.672. The highest BCUT2D eigenvalue weighted by Crippen LogP contribution is 2.26. The lowest BCUT2D eigenvalue weighted by Crippen LogP contribution is -2.15. The fraction of sp³-hybridized carbons (Fsp3) is 0.400. The van der Waals surface area contributed by atoms with Crippen LogP contribution in [-0.4, -0.2) is 18.3 Å². The van der Waals surface area contributed by atoms with Crippen LogP contribution in [0.5, 0.6) is 0 Å². The summed E-state index contributed by atoms with van der Waals surface area (Å²) in [6, 6.07) is 5.45. The molecule has 4 N–H and O–H groups in total. The highest BCUT2D eigenvalue weighted by molar-refractivity contribution is 6.33. The zero-order valence-electron chi connectivity index (χ0n) is 8.13. The van der Waals surface area contributed by atoms with Crippen molar-refractivity contribution in [2.45, 2.75) is 6.92 Å². The average Bonchev–Trinajstić information content (AvgIpc) is 2.20. The molecule has 0 radical (unpaired) electrons. The summed E-state index contributed by atoms with van der Waals surface area (Å²) < 4.78 is 0. The SMILES string of the molecule is CC(CO)CNc1cccc(Cl)c1N. The van der Waals surface area contributed by atoms with Crippen LogP contribution >= 0.6 is 11.6 Å². The molecule has 0 aliphatic rings. The van der Waals surface area contributed by atoms with Crippen LogP contribution in [0.4, 0.5) is 11.4 Å². The maximum absolute atomic E-state index is 8.84. The van der Waals surface area contributed by atoms with Crippen molar-refractivity contribution in [1.82, 2.24) is 0 Å². The number of para-hydroxylation sites is 1. The van der Waals surface area contributed by atoms with E-state index in [0.29, 0.717) is 17.3 Å². The molecular formula is C10H15ClN2O. The molecule has 3 nitrogen and oxygen atoms in total. The third-order valence-electron chi connectivity index (χ3n) is 2.01. The predicted molar refractivity (Wildman–Crippen MR) is 60.6 cm³/mol. The standard InChI is InChI=1S/C10H15ClN2O/c1-7(6-14)5-13-9-4-2-3-8(11)10(9)12/h2-4,7,13-14H,5-6,12H2,1H3. The van der Waals surface area contributed by atoms with E-state index in [0.717, 1.165) is 5.69 Å². The van der Waals surface area contributed by atoms with Crippen LogP contribution in [0.25, 0.3) is 0 Å². The maximum atomic E-state index is 8.84. The Kier molecular flexibility index (Phi) is 4.04. The molecule has 1 rings (SSSR count). The van der Waals surface area contributed by atoms with E-state index in [2.05, 4.69) is 5.32 Å². The summed E-state index contributed by atoms with van der Waals surface area (Å²) in [5, 5.41) is 12.5. The van der Waals surface area contributed by atoms with Crippen molar-refractivity contribution >= 4 is 23.0 Å². The molecule has 1 atom stereocenters. The molecule has 0 bridgehead atoms. The van der Waals surface area contributed by atoms with E-state index < -0.39 is 0 Å². The van der Waals surface area contributed by atoms with Crippen LogP contribution < -0.4 is 11.1 Å². The topological polar surface area (TPSA) is 58.3 Å². The number of nitrogens with one attached hydrogen (secondary N) is 1. The summed E-state index contributed by atoms with van der Waals surface area (Å²) in [4.78, 5) is 0. The first-order valence-corrected chi connectivity index (χ1v) is 4.91. The van der Waals surface area contributed by atoms with E-state index in [1.165, 1.54) is 0 Å². The van der Waals surface area contributed by atoms with E-state index in [4.69, 9.17) is 22.4 Å². The smallest absolute Gasteiger partial charge is 0.0739 e. The van der Waals surface area contributed by atoms with Gasteiger partial charge in [-0.05, 0) is 18.1 Å². The van der Waals surface area contributed by atoms with Gasteiger partial charge in [0.05, 0.1) is 16.4 Å². The molecule has 1 aromatic rings. The van der Waals surface area contributed by atoms with Crippen LogP contribution in [0.2, 0.25) is 5.02 Å². The summed E-state index contributed by atoms with van der Waals surface area (Å²) in [5.41, 5.74) is 7.13. The molecule has 0 saturated carbocycles. The molecule has 0 heterocycles. The Morgan fingerprint density at radius 1 is 1.57 bits per heavy atom. The zero-order chi connectivity index (χ0) is 10.6. The zero-order valence-corrected chi connectivity index (χ0v) is 8.88. The number of benzene rings is 1. The maximum Gasteiger partial charge on any atom is 0.0739 e. The summed E-state index contributed by atoms with van der Waals surface area (Å²) in [6.07, 6.45) is 0. The minimum atomic E-state index is 0.160. The van der Waals surface area contributed by atoms with Gasteiger partial charge in [-0.3, -0.25) is 0 Å². The molecular weight excluding hydrogens is 200 g/mol. The Balaban J connectivity index is 2.63. The molecule has 14 heavy (non-hydrogen) atoms. The van der Waals surface area contributed by atoms with E-state index in [1.54, 1.807) is 6.07 Å². The minimum absolute atomic E-state index is 0.160. The number of aliphatic hydroxyl groups is 1. The fourth-order valence-electron chi connectivity index (χ4n) is 1.04. The lowest BCUT2D eigenvalue weighted by molar-refractivity contribution is 0.244. The first-order valence-electron chi connectivity index (χ1n) is 4.54. The largest absolute Gasteiger partial charge is 0.396 e. The number of anilines is 2. The van der Waals surface area contributed by atoms with Gasteiger partial charge in [0, 0.05) is 13.2 Å². The Morgan fingerprint density at radius 3 is 2.93 bits per heavy atom. The van der Waals surface area contributed by atoms with Gasteiger partial charge in [-0.1, -0.05) is 24.6 Å². The molecule has 4 heteroatoms. The number of nitrogens with two attached hydrogens (primary N) is 1. The lowest BCUT2D eigenvalue weighted by Gasteiger charge is -2.13. The second-order valence-corrected chi connectivity index (χ2v) is 3.78. The second kappa shape index (κ2) is 5.08. The summed E-state index contributed by atoms with van der Waals surface area (Å²) >= 11 is 5.85. The third kappa shape index (κ3) is 2.79. The summed E-state index contributed by atoms with van der Waals surface area (Å²) in [5.74, 6) is 0.202. The number of rotatable bonds is 4. The third-order valence-corrected chi connectivity index (χ3v) is 2.34. The Hall–Kier alpha value is -0.930. The van der Waals surface area contributed by atoms with Crippen molar-refractivity contribution in [3.63, 3.8) is 0 Å². The van der Waals surface area contributed by atoms with Crippen molar-refractivity contribution in [2.24, 2.45) is 5.92 Å². The molecule has 0 aromatic heterocycles. The Bertz CT molecular complexity index is 304. The van der Waals surface area contributed by atoms with Crippen molar-refractivity contribution in [1.29, 1.82) is 0 Å². The number of hydrogen-bond acceptors (Lipinski definition) is 3. The number of aliphatic hydroxyl groups excluding tert-OH is 1. The van der Waals surface area contributed by atoms with Gasteiger partial charge in [0.15, 0.2) is 0 Å². The van der Waals surface area contributed by atoms with Gasteiger partial charge >= 0.3 is 0 Å². The van der Waals surface area contributed by atoms with Crippen LogP contribution in [0.3, 0.4) is 0 Å². The molecule has 0 aliphatic carbocycles. The van der Waals surface area contributed by atoms with Crippen LogP contribution in [0.15, 0.2) is 18.2 Å². The van der Waals surface area contributed by atoms with Crippen molar-refractivity contribution in [2.75, 3.05) is 24.2 Å². The highest BCUT2D eigenvalue weighted by Gasteiger charge is 2.04. The first-order chi connectivity index (χ1) is 6.65. The summed E-state index contributed by atoms with van der Waals surface area (Å²) in [7, 11) is 0. The molecule has 1 aromatic carbocycles. The molecule has 1 unspecified atom stereocenters. The van der Waals surface area contributed by atoms with Gasteiger partial charge in [0.2, 0.25) is 0 Å². The van der Waals surface area contributed by atoms with Crippen LogP contribution in [-0.2, 0) is 0 Å². The monoisotopic (exact) mass is 214 g/mol. The summed E-state index contributed by atoms with van der Waals surface area (Å²) in [6.45, 7) is 2.79. The first kappa shape index (κ1) is 11.1. The van der Waals surface area contributed by atoms with Gasteiger partial charge in [-0.25, -0.2) is 0 Å². The Morgan fingerprint density at radius 2 is 2.29 bits per heavy atom. The van der Waals surface area contributed by atoms with E-state index in [1.807, 2.05) is 19.1 Å². The normalized spacial score (nSPS) is 12.5. The van der Waals surface area contributed by atoms with Crippen molar-refractivity contribution in [3.05, 3.63) is 23.2 Å². The van der Waals surface area contributed by atoms with Crippen molar-refractivity contribution in [3.8, 4) is 0 Å². The molecule has 78 valence electrons. The lowest BCUT2D eigenvalue weighted by atomic mass is 10.2. The van der Waals surface area contributed by atoms with Crippen LogP contribution in [0.1, 0.15) is 6.92 Å².